The van der Waals surface area contributed by atoms with Gasteiger partial charge in [-0.3, -0.25) is 0 Å². The molecule has 0 atom stereocenters. The van der Waals surface area contributed by atoms with Crippen LogP contribution >= 0.6 is 0 Å². The third kappa shape index (κ3) is 4.67. The largest absolute Gasteiger partial charge is 0.493 e. The molecule has 0 fully saturated rings. The van der Waals surface area contributed by atoms with Crippen molar-refractivity contribution in [2.45, 2.75) is 11.5 Å². The highest BCUT2D eigenvalue weighted by Gasteiger charge is 2.20. The molecule has 7 heteroatoms. The third-order valence-electron chi connectivity index (χ3n) is 4.28. The fraction of sp³-hybridized carbons (Fsp3) is 0.0870. The third-order valence-corrected chi connectivity index (χ3v) is 5.96. The van der Waals surface area contributed by atoms with Crippen molar-refractivity contribution in [1.82, 2.24) is 0 Å². The summed E-state index contributed by atoms with van der Waals surface area (Å²) in [4.78, 5) is -0.356. The van der Waals surface area contributed by atoms with Crippen LogP contribution < -0.4 is 9.47 Å². The van der Waals surface area contributed by atoms with E-state index < -0.39 is 14.7 Å². The SMILES string of the molecule is COc1cc(/C=C(/C#N)S(=O)(=O)c2ccccc2)ccc1OCc1ccccc1F. The second kappa shape index (κ2) is 9.25. The summed E-state index contributed by atoms with van der Waals surface area (Å²) in [6.45, 7) is 0.00402. The van der Waals surface area contributed by atoms with Crippen LogP contribution in [0.2, 0.25) is 0 Å². The Labute approximate surface area is 174 Å². The maximum absolute atomic E-state index is 13.8. The fourth-order valence-electron chi connectivity index (χ4n) is 2.71. The molecule has 0 aromatic heterocycles. The lowest BCUT2D eigenvalue weighted by Gasteiger charge is -2.12. The highest BCUT2D eigenvalue weighted by Crippen LogP contribution is 2.31. The van der Waals surface area contributed by atoms with E-state index in [1.54, 1.807) is 60.7 Å². The van der Waals surface area contributed by atoms with Crippen molar-refractivity contribution in [2.24, 2.45) is 0 Å². The van der Waals surface area contributed by atoms with E-state index in [0.717, 1.165) is 0 Å². The summed E-state index contributed by atoms with van der Waals surface area (Å²) < 4.78 is 50.1. The highest BCUT2D eigenvalue weighted by molar-refractivity contribution is 7.95. The molecule has 0 spiro atoms. The van der Waals surface area contributed by atoms with E-state index in [2.05, 4.69) is 0 Å². The van der Waals surface area contributed by atoms with Crippen LogP contribution in [-0.2, 0) is 16.4 Å². The lowest BCUT2D eigenvalue weighted by molar-refractivity contribution is 0.279. The number of benzene rings is 3. The molecule has 0 saturated heterocycles. The van der Waals surface area contributed by atoms with E-state index >= 15 is 0 Å². The van der Waals surface area contributed by atoms with Gasteiger partial charge in [0.2, 0.25) is 9.84 Å². The van der Waals surface area contributed by atoms with E-state index in [0.29, 0.717) is 22.6 Å². The predicted molar refractivity (Wildman–Crippen MR) is 111 cm³/mol. The number of sulfone groups is 1. The molecule has 0 saturated carbocycles. The molecule has 3 aromatic rings. The number of hydrogen-bond acceptors (Lipinski definition) is 5. The van der Waals surface area contributed by atoms with Crippen molar-refractivity contribution in [2.75, 3.05) is 7.11 Å². The zero-order valence-corrected chi connectivity index (χ0v) is 16.9. The lowest BCUT2D eigenvalue weighted by Crippen LogP contribution is -2.03. The van der Waals surface area contributed by atoms with Crippen molar-refractivity contribution in [1.29, 1.82) is 5.26 Å². The van der Waals surface area contributed by atoms with Gasteiger partial charge in [0.15, 0.2) is 11.5 Å². The molecule has 0 heterocycles. The normalized spacial score (nSPS) is 11.6. The number of rotatable bonds is 7. The maximum atomic E-state index is 13.8. The molecular weight excluding hydrogens is 405 g/mol. The average molecular weight is 423 g/mol. The van der Waals surface area contributed by atoms with Crippen LogP contribution in [0.3, 0.4) is 0 Å². The predicted octanol–water partition coefficient (Wildman–Crippen LogP) is 4.75. The molecule has 3 aromatic carbocycles. The molecule has 0 aliphatic carbocycles. The molecule has 0 unspecified atom stereocenters. The van der Waals surface area contributed by atoms with Gasteiger partial charge in [0.25, 0.3) is 0 Å². The summed E-state index contributed by atoms with van der Waals surface area (Å²) in [6.07, 6.45) is 1.27. The molecule has 5 nitrogen and oxygen atoms in total. The molecule has 0 N–H and O–H groups in total. The molecule has 0 aliphatic heterocycles. The van der Waals surface area contributed by atoms with Crippen molar-refractivity contribution in [3.8, 4) is 17.6 Å². The Hall–Kier alpha value is -3.63. The van der Waals surface area contributed by atoms with Gasteiger partial charge in [-0.2, -0.15) is 5.26 Å². The Kier molecular flexibility index (Phi) is 6.50. The summed E-state index contributed by atoms with van der Waals surface area (Å²) in [5, 5.41) is 9.41. The van der Waals surface area contributed by atoms with Crippen molar-refractivity contribution >= 4 is 15.9 Å². The van der Waals surface area contributed by atoms with Crippen LogP contribution in [0.25, 0.3) is 6.08 Å². The number of ether oxygens (including phenoxy) is 2. The summed E-state index contributed by atoms with van der Waals surface area (Å²) in [6, 6.07) is 20.5. The number of halogens is 1. The Morgan fingerprint density at radius 1 is 1.03 bits per heavy atom. The van der Waals surface area contributed by atoms with E-state index in [1.165, 1.54) is 31.4 Å². The van der Waals surface area contributed by atoms with E-state index in [-0.39, 0.29) is 17.3 Å². The first-order valence-corrected chi connectivity index (χ1v) is 10.4. The highest BCUT2D eigenvalue weighted by atomic mass is 32.2. The summed E-state index contributed by atoms with van der Waals surface area (Å²) >= 11 is 0. The molecule has 30 heavy (non-hydrogen) atoms. The Morgan fingerprint density at radius 3 is 2.40 bits per heavy atom. The first-order chi connectivity index (χ1) is 14.5. The molecule has 0 amide bonds. The smallest absolute Gasteiger partial charge is 0.216 e. The van der Waals surface area contributed by atoms with Gasteiger partial charge in [-0.1, -0.05) is 42.5 Å². The van der Waals surface area contributed by atoms with Crippen LogP contribution in [0, 0.1) is 17.1 Å². The van der Waals surface area contributed by atoms with Crippen molar-refractivity contribution in [3.63, 3.8) is 0 Å². The zero-order chi connectivity index (χ0) is 21.6. The number of nitriles is 1. The van der Waals surface area contributed by atoms with Gasteiger partial charge in [0.1, 0.15) is 23.4 Å². The van der Waals surface area contributed by atoms with Crippen LogP contribution in [0.1, 0.15) is 11.1 Å². The van der Waals surface area contributed by atoms with E-state index in [9.17, 15) is 18.1 Å². The molecule has 3 rings (SSSR count). The van der Waals surface area contributed by atoms with E-state index in [4.69, 9.17) is 9.47 Å². The van der Waals surface area contributed by atoms with Crippen molar-refractivity contribution in [3.05, 3.63) is 94.6 Å². The second-order valence-corrected chi connectivity index (χ2v) is 8.15. The minimum atomic E-state index is -3.94. The van der Waals surface area contributed by atoms with Gasteiger partial charge in [-0.15, -0.1) is 0 Å². The molecule has 0 bridgehead atoms. The average Bonchev–Trinajstić information content (AvgIpc) is 2.77. The summed E-state index contributed by atoms with van der Waals surface area (Å²) in [7, 11) is -2.51. The minimum Gasteiger partial charge on any atom is -0.493 e. The Balaban J connectivity index is 1.88. The maximum Gasteiger partial charge on any atom is 0.216 e. The standard InChI is InChI=1S/C23H18FNO4S/c1-28-23-14-17(11-12-22(23)29-16-18-7-5-6-10-21(18)24)13-20(15-25)30(26,27)19-8-3-2-4-9-19/h2-14H,16H2,1H3/b20-13-. The van der Waals surface area contributed by atoms with Gasteiger partial charge in [-0.25, -0.2) is 12.8 Å². The van der Waals surface area contributed by atoms with Gasteiger partial charge >= 0.3 is 0 Å². The molecular formula is C23H18FNO4S. The molecule has 0 radical (unpaired) electrons. The summed E-state index contributed by atoms with van der Waals surface area (Å²) in [5.74, 6) is 0.317. The first kappa shape index (κ1) is 21.1. The number of nitrogens with zero attached hydrogens (tertiary/aromatic N) is 1. The number of methoxy groups -OCH3 is 1. The van der Waals surface area contributed by atoms with E-state index in [1.807, 2.05) is 0 Å². The monoisotopic (exact) mass is 423 g/mol. The fourth-order valence-corrected chi connectivity index (χ4v) is 3.89. The van der Waals surface area contributed by atoms with Crippen LogP contribution in [0.4, 0.5) is 4.39 Å². The number of allylic oxidation sites excluding steroid dienone is 1. The van der Waals surface area contributed by atoms with Gasteiger partial charge in [0.05, 0.1) is 12.0 Å². The Morgan fingerprint density at radius 2 is 1.73 bits per heavy atom. The van der Waals surface area contributed by atoms with Gasteiger partial charge in [-0.05, 0) is 42.0 Å². The lowest BCUT2D eigenvalue weighted by atomic mass is 10.2. The summed E-state index contributed by atoms with van der Waals surface area (Å²) in [5.41, 5.74) is 0.838. The molecule has 152 valence electrons. The number of hydrogen-bond donors (Lipinski definition) is 0. The first-order valence-electron chi connectivity index (χ1n) is 8.92. The van der Waals surface area contributed by atoms with Gasteiger partial charge < -0.3 is 9.47 Å². The van der Waals surface area contributed by atoms with Gasteiger partial charge in [0, 0.05) is 5.56 Å². The minimum absolute atomic E-state index is 0.00402. The quantitative estimate of drug-likeness (QED) is 0.513. The van der Waals surface area contributed by atoms with Crippen LogP contribution in [0.15, 0.2) is 82.6 Å². The van der Waals surface area contributed by atoms with Crippen LogP contribution in [-0.4, -0.2) is 15.5 Å². The molecule has 0 aliphatic rings. The second-order valence-electron chi connectivity index (χ2n) is 6.23. The van der Waals surface area contributed by atoms with Crippen molar-refractivity contribution < 1.29 is 22.3 Å². The topological polar surface area (TPSA) is 76.4 Å². The van der Waals surface area contributed by atoms with Crippen LogP contribution in [0.5, 0.6) is 11.5 Å². The zero-order valence-electron chi connectivity index (χ0n) is 16.1. The Bertz CT molecular complexity index is 1220.